The minimum Gasteiger partial charge on any atom is -0.490 e. The van der Waals surface area contributed by atoms with Crippen molar-refractivity contribution in [1.82, 2.24) is 0 Å². The van der Waals surface area contributed by atoms with Gasteiger partial charge in [-0.3, -0.25) is 0 Å². The van der Waals surface area contributed by atoms with Crippen LogP contribution in [0.2, 0.25) is 5.02 Å². The number of ether oxygens (including phenoxy) is 1. The zero-order chi connectivity index (χ0) is 11.9. The Morgan fingerprint density at radius 1 is 1.29 bits per heavy atom. The Bertz CT molecular complexity index is 414. The van der Waals surface area contributed by atoms with E-state index >= 15 is 0 Å². The van der Waals surface area contributed by atoms with Crippen molar-refractivity contribution in [2.45, 2.75) is 44.2 Å². The summed E-state index contributed by atoms with van der Waals surface area (Å²) in [4.78, 5) is 0. The lowest BCUT2D eigenvalue weighted by Crippen LogP contribution is -2.62. The van der Waals surface area contributed by atoms with Gasteiger partial charge in [0.1, 0.15) is 11.9 Å². The summed E-state index contributed by atoms with van der Waals surface area (Å²) in [6.07, 6.45) is 6.30. The van der Waals surface area contributed by atoms with Crippen LogP contribution in [0, 0.1) is 5.41 Å². The Balaban J connectivity index is 1.74. The van der Waals surface area contributed by atoms with E-state index < -0.39 is 0 Å². The maximum absolute atomic E-state index is 6.19. The molecule has 2 aliphatic carbocycles. The normalized spacial score (nSPS) is 30.2. The highest BCUT2D eigenvalue weighted by Crippen LogP contribution is 2.53. The van der Waals surface area contributed by atoms with Crippen LogP contribution in [-0.2, 0) is 0 Å². The standard InChI is InChI=1S/C14H18ClNO/c15-10-4-3-5-11(8-10)17-13-9-12(16)14(13)6-1-2-7-14/h3-5,8,12-13H,1-2,6-7,9,16H2. The average Bonchev–Trinajstić information content (AvgIpc) is 2.80. The molecule has 2 fully saturated rings. The molecule has 2 N–H and O–H groups in total. The molecule has 0 amide bonds. The van der Waals surface area contributed by atoms with E-state index in [9.17, 15) is 0 Å². The van der Waals surface area contributed by atoms with Crippen molar-refractivity contribution in [2.24, 2.45) is 11.1 Å². The Labute approximate surface area is 107 Å². The first kappa shape index (κ1) is 11.4. The Morgan fingerprint density at radius 3 is 2.71 bits per heavy atom. The first-order chi connectivity index (χ1) is 8.21. The molecule has 0 heterocycles. The number of benzene rings is 1. The van der Waals surface area contributed by atoms with Crippen LogP contribution in [0.1, 0.15) is 32.1 Å². The minimum absolute atomic E-state index is 0.252. The third kappa shape index (κ3) is 1.84. The molecule has 0 aromatic heterocycles. The highest BCUT2D eigenvalue weighted by molar-refractivity contribution is 6.30. The minimum atomic E-state index is 0.252. The van der Waals surface area contributed by atoms with Gasteiger partial charge in [-0.05, 0) is 31.0 Å². The monoisotopic (exact) mass is 251 g/mol. The van der Waals surface area contributed by atoms with Gasteiger partial charge in [0, 0.05) is 22.9 Å². The number of hydrogen-bond acceptors (Lipinski definition) is 2. The lowest BCUT2D eigenvalue weighted by molar-refractivity contribution is -0.0620. The maximum Gasteiger partial charge on any atom is 0.121 e. The molecule has 1 spiro atoms. The summed E-state index contributed by atoms with van der Waals surface area (Å²) in [5.74, 6) is 0.876. The second-order valence-electron chi connectivity index (χ2n) is 5.35. The molecule has 2 saturated carbocycles. The van der Waals surface area contributed by atoms with Crippen molar-refractivity contribution in [2.75, 3.05) is 0 Å². The Morgan fingerprint density at radius 2 is 2.06 bits per heavy atom. The predicted octanol–water partition coefficient (Wildman–Crippen LogP) is 3.38. The summed E-state index contributed by atoms with van der Waals surface area (Å²) in [5.41, 5.74) is 6.44. The van der Waals surface area contributed by atoms with E-state index in [1.807, 2.05) is 24.3 Å². The molecule has 2 nitrogen and oxygen atoms in total. The zero-order valence-electron chi connectivity index (χ0n) is 9.86. The topological polar surface area (TPSA) is 35.2 Å². The number of nitrogens with two attached hydrogens (primary N) is 1. The molecule has 0 aliphatic heterocycles. The van der Waals surface area contributed by atoms with Gasteiger partial charge in [-0.15, -0.1) is 0 Å². The summed E-state index contributed by atoms with van der Waals surface area (Å²) in [6, 6.07) is 7.98. The van der Waals surface area contributed by atoms with Crippen LogP contribution in [0.3, 0.4) is 0 Å². The van der Waals surface area contributed by atoms with E-state index in [0.717, 1.165) is 17.2 Å². The first-order valence-electron chi connectivity index (χ1n) is 6.38. The van der Waals surface area contributed by atoms with Crippen LogP contribution in [-0.4, -0.2) is 12.1 Å². The fourth-order valence-electron chi connectivity index (χ4n) is 3.37. The summed E-state index contributed by atoms with van der Waals surface area (Å²) < 4.78 is 6.07. The van der Waals surface area contributed by atoms with E-state index in [0.29, 0.717) is 12.1 Å². The quantitative estimate of drug-likeness (QED) is 0.875. The average molecular weight is 252 g/mol. The van der Waals surface area contributed by atoms with Crippen molar-refractivity contribution >= 4 is 11.6 Å². The van der Waals surface area contributed by atoms with Gasteiger partial charge in [-0.1, -0.05) is 30.5 Å². The van der Waals surface area contributed by atoms with Crippen LogP contribution in [0.15, 0.2) is 24.3 Å². The largest absolute Gasteiger partial charge is 0.490 e. The maximum atomic E-state index is 6.19. The van der Waals surface area contributed by atoms with Crippen LogP contribution >= 0.6 is 11.6 Å². The lowest BCUT2D eigenvalue weighted by atomic mass is 9.61. The van der Waals surface area contributed by atoms with Crippen molar-refractivity contribution < 1.29 is 4.74 Å². The fourth-order valence-corrected chi connectivity index (χ4v) is 3.55. The van der Waals surface area contributed by atoms with Crippen LogP contribution in [0.4, 0.5) is 0 Å². The summed E-state index contributed by atoms with van der Waals surface area (Å²) >= 11 is 5.96. The molecule has 3 heteroatoms. The molecule has 3 rings (SSSR count). The van der Waals surface area contributed by atoms with E-state index in [2.05, 4.69) is 0 Å². The smallest absolute Gasteiger partial charge is 0.121 e. The van der Waals surface area contributed by atoms with Crippen LogP contribution < -0.4 is 10.5 Å². The van der Waals surface area contributed by atoms with Gasteiger partial charge in [-0.2, -0.15) is 0 Å². The lowest BCUT2D eigenvalue weighted by Gasteiger charge is -2.52. The van der Waals surface area contributed by atoms with Gasteiger partial charge >= 0.3 is 0 Å². The van der Waals surface area contributed by atoms with Gasteiger partial charge in [0.25, 0.3) is 0 Å². The van der Waals surface area contributed by atoms with Gasteiger partial charge in [0.2, 0.25) is 0 Å². The van der Waals surface area contributed by atoms with Gasteiger partial charge in [0.15, 0.2) is 0 Å². The Kier molecular flexibility index (Phi) is 2.80. The fraction of sp³-hybridized carbons (Fsp3) is 0.571. The summed E-state index contributed by atoms with van der Waals surface area (Å²) in [5, 5.41) is 0.728. The van der Waals surface area contributed by atoms with Crippen molar-refractivity contribution in [1.29, 1.82) is 0 Å². The number of halogens is 1. The SMILES string of the molecule is NC1CC(Oc2cccc(Cl)c2)C12CCCC2. The molecule has 0 saturated heterocycles. The molecule has 0 radical (unpaired) electrons. The van der Waals surface area contributed by atoms with Gasteiger partial charge in [-0.25, -0.2) is 0 Å². The molecule has 2 unspecified atom stereocenters. The van der Waals surface area contributed by atoms with Crippen molar-refractivity contribution in [3.63, 3.8) is 0 Å². The van der Waals surface area contributed by atoms with Crippen LogP contribution in [0.25, 0.3) is 0 Å². The van der Waals surface area contributed by atoms with Crippen molar-refractivity contribution in [3.8, 4) is 5.75 Å². The number of rotatable bonds is 2. The predicted molar refractivity (Wildman–Crippen MR) is 69.4 cm³/mol. The molecule has 0 bridgehead atoms. The van der Waals surface area contributed by atoms with E-state index in [-0.39, 0.29) is 5.41 Å². The van der Waals surface area contributed by atoms with E-state index in [4.69, 9.17) is 22.1 Å². The second kappa shape index (κ2) is 4.18. The van der Waals surface area contributed by atoms with Gasteiger partial charge < -0.3 is 10.5 Å². The van der Waals surface area contributed by atoms with Crippen LogP contribution in [0.5, 0.6) is 5.75 Å². The zero-order valence-corrected chi connectivity index (χ0v) is 10.6. The Hall–Kier alpha value is -0.730. The second-order valence-corrected chi connectivity index (χ2v) is 5.78. The van der Waals surface area contributed by atoms with E-state index in [1.165, 1.54) is 25.7 Å². The molecular weight excluding hydrogens is 234 g/mol. The summed E-state index contributed by atoms with van der Waals surface area (Å²) in [7, 11) is 0. The van der Waals surface area contributed by atoms with Gasteiger partial charge in [0.05, 0.1) is 0 Å². The highest BCUT2D eigenvalue weighted by atomic mass is 35.5. The molecule has 1 aromatic rings. The third-order valence-electron chi connectivity index (χ3n) is 4.46. The molecule has 2 atom stereocenters. The summed E-state index contributed by atoms with van der Waals surface area (Å²) in [6.45, 7) is 0. The molecular formula is C14H18ClNO. The first-order valence-corrected chi connectivity index (χ1v) is 6.76. The van der Waals surface area contributed by atoms with Crippen molar-refractivity contribution in [3.05, 3.63) is 29.3 Å². The van der Waals surface area contributed by atoms with E-state index in [1.54, 1.807) is 0 Å². The third-order valence-corrected chi connectivity index (χ3v) is 4.69. The molecule has 1 aromatic carbocycles. The number of hydrogen-bond donors (Lipinski definition) is 1. The molecule has 2 aliphatic rings. The molecule has 92 valence electrons. The molecule has 17 heavy (non-hydrogen) atoms. The highest BCUT2D eigenvalue weighted by Gasteiger charge is 2.55.